The van der Waals surface area contributed by atoms with Crippen LogP contribution in [0.2, 0.25) is 5.02 Å². The van der Waals surface area contributed by atoms with Crippen LogP contribution in [0.15, 0.2) is 24.3 Å². The summed E-state index contributed by atoms with van der Waals surface area (Å²) in [5.41, 5.74) is 1.10. The van der Waals surface area contributed by atoms with Gasteiger partial charge in [0, 0.05) is 23.9 Å². The number of nitrogens with one attached hydrogen (secondary N) is 1. The number of rotatable bonds is 4. The number of amides is 2. The van der Waals surface area contributed by atoms with Crippen LogP contribution in [-0.2, 0) is 0 Å². The highest BCUT2D eigenvalue weighted by Gasteiger charge is 2.30. The first-order chi connectivity index (χ1) is 9.22. The number of hydrogen-bond acceptors (Lipinski definition) is 2. The van der Waals surface area contributed by atoms with Crippen molar-refractivity contribution in [1.29, 1.82) is 0 Å². The molecule has 1 aliphatic rings. The molecule has 0 aromatic heterocycles. The summed E-state index contributed by atoms with van der Waals surface area (Å²) in [6.45, 7) is 3.66. The van der Waals surface area contributed by atoms with Crippen molar-refractivity contribution in [3.63, 3.8) is 0 Å². The van der Waals surface area contributed by atoms with Gasteiger partial charge in [-0.05, 0) is 24.1 Å². The second-order valence-corrected chi connectivity index (χ2v) is 6.18. The fourth-order valence-electron chi connectivity index (χ4n) is 2.09. The highest BCUT2D eigenvalue weighted by Crippen LogP contribution is 2.38. The Bertz CT molecular complexity index is 441. The Morgan fingerprint density at radius 2 is 2.42 bits per heavy atom. The van der Waals surface area contributed by atoms with Crippen LogP contribution >= 0.6 is 23.4 Å². The van der Waals surface area contributed by atoms with Crippen LogP contribution in [0.1, 0.15) is 30.7 Å². The third-order valence-electron chi connectivity index (χ3n) is 3.09. The molecule has 19 heavy (non-hydrogen) atoms. The molecule has 0 aliphatic carbocycles. The summed E-state index contributed by atoms with van der Waals surface area (Å²) in [6.07, 6.45) is 2.11. The van der Waals surface area contributed by atoms with Gasteiger partial charge < -0.3 is 10.2 Å². The number of nitrogens with zero attached hydrogens (tertiary/aromatic N) is 1. The van der Waals surface area contributed by atoms with Crippen molar-refractivity contribution in [3.05, 3.63) is 34.9 Å². The van der Waals surface area contributed by atoms with E-state index in [1.54, 1.807) is 11.8 Å². The van der Waals surface area contributed by atoms with E-state index >= 15 is 0 Å². The monoisotopic (exact) mass is 298 g/mol. The molecule has 0 bridgehead atoms. The molecule has 1 atom stereocenters. The molecule has 0 spiro atoms. The Morgan fingerprint density at radius 1 is 1.58 bits per heavy atom. The molecular weight excluding hydrogens is 280 g/mol. The van der Waals surface area contributed by atoms with Gasteiger partial charge in [-0.15, -0.1) is 11.8 Å². The number of unbranched alkanes of at least 4 members (excludes halogenated alkanes) is 1. The summed E-state index contributed by atoms with van der Waals surface area (Å²) in [5.74, 6) is 0.971. The van der Waals surface area contributed by atoms with Crippen molar-refractivity contribution < 1.29 is 4.79 Å². The van der Waals surface area contributed by atoms with Gasteiger partial charge in [-0.25, -0.2) is 4.79 Å². The predicted molar refractivity (Wildman–Crippen MR) is 81.7 cm³/mol. The number of benzene rings is 1. The van der Waals surface area contributed by atoms with Crippen molar-refractivity contribution in [2.24, 2.45) is 0 Å². The van der Waals surface area contributed by atoms with Gasteiger partial charge in [0.05, 0.1) is 0 Å². The van der Waals surface area contributed by atoms with Crippen LogP contribution in [0.3, 0.4) is 0 Å². The van der Waals surface area contributed by atoms with Gasteiger partial charge in [-0.3, -0.25) is 0 Å². The normalized spacial score (nSPS) is 18.6. The quantitative estimate of drug-likeness (QED) is 0.855. The highest BCUT2D eigenvalue weighted by atomic mass is 35.5. The number of halogens is 1. The summed E-state index contributed by atoms with van der Waals surface area (Å²) < 4.78 is 0. The van der Waals surface area contributed by atoms with Gasteiger partial charge in [0.15, 0.2) is 0 Å². The molecule has 0 unspecified atom stereocenters. The SMILES string of the molecule is CCCCNC(=O)N1CCS[C@H]1c1cccc(Cl)c1. The van der Waals surface area contributed by atoms with Gasteiger partial charge in [-0.2, -0.15) is 0 Å². The topological polar surface area (TPSA) is 32.3 Å². The van der Waals surface area contributed by atoms with Crippen LogP contribution in [0.5, 0.6) is 0 Å². The smallest absolute Gasteiger partial charge is 0.318 e. The van der Waals surface area contributed by atoms with Gasteiger partial charge in [0.25, 0.3) is 0 Å². The Labute approximate surface area is 123 Å². The number of thioether (sulfide) groups is 1. The van der Waals surface area contributed by atoms with Crippen LogP contribution < -0.4 is 5.32 Å². The zero-order valence-electron chi connectivity index (χ0n) is 11.1. The van der Waals surface area contributed by atoms with Gasteiger partial charge in [-0.1, -0.05) is 37.1 Å². The lowest BCUT2D eigenvalue weighted by molar-refractivity contribution is 0.200. The minimum Gasteiger partial charge on any atom is -0.338 e. The Morgan fingerprint density at radius 3 is 3.16 bits per heavy atom. The maximum absolute atomic E-state index is 12.2. The van der Waals surface area contributed by atoms with Crippen molar-refractivity contribution >= 4 is 29.4 Å². The minimum atomic E-state index is 0.0309. The highest BCUT2D eigenvalue weighted by molar-refractivity contribution is 7.99. The molecule has 1 aromatic rings. The molecule has 104 valence electrons. The van der Waals surface area contributed by atoms with Gasteiger partial charge in [0.2, 0.25) is 0 Å². The standard InChI is InChI=1S/C14H19ClN2OS/c1-2-3-7-16-14(18)17-8-9-19-13(17)11-5-4-6-12(15)10-11/h4-6,10,13H,2-3,7-9H2,1H3,(H,16,18)/t13-/m0/s1. The molecule has 3 nitrogen and oxygen atoms in total. The van der Waals surface area contributed by atoms with Crippen molar-refractivity contribution in [2.45, 2.75) is 25.1 Å². The van der Waals surface area contributed by atoms with Gasteiger partial charge >= 0.3 is 6.03 Å². The lowest BCUT2D eigenvalue weighted by Crippen LogP contribution is -2.39. The summed E-state index contributed by atoms with van der Waals surface area (Å²) in [4.78, 5) is 14.1. The number of urea groups is 1. The Balaban J connectivity index is 2.02. The summed E-state index contributed by atoms with van der Waals surface area (Å²) in [5, 5.41) is 3.78. The van der Waals surface area contributed by atoms with E-state index in [-0.39, 0.29) is 11.4 Å². The fraction of sp³-hybridized carbons (Fsp3) is 0.500. The molecular formula is C14H19ClN2OS. The molecule has 1 aliphatic heterocycles. The van der Waals surface area contributed by atoms with E-state index in [9.17, 15) is 4.79 Å². The van der Waals surface area contributed by atoms with E-state index in [4.69, 9.17) is 11.6 Å². The van der Waals surface area contributed by atoms with Crippen molar-refractivity contribution in [1.82, 2.24) is 10.2 Å². The maximum Gasteiger partial charge on any atom is 0.318 e. The van der Waals surface area contributed by atoms with Crippen molar-refractivity contribution in [2.75, 3.05) is 18.8 Å². The molecule has 0 radical (unpaired) electrons. The molecule has 0 saturated carbocycles. The first kappa shape index (κ1) is 14.5. The van der Waals surface area contributed by atoms with Crippen LogP contribution in [-0.4, -0.2) is 29.8 Å². The molecule has 1 fully saturated rings. The molecule has 1 heterocycles. The minimum absolute atomic E-state index is 0.0309. The van der Waals surface area contributed by atoms with E-state index in [0.717, 1.165) is 42.3 Å². The van der Waals surface area contributed by atoms with Crippen LogP contribution in [0, 0.1) is 0 Å². The van der Waals surface area contributed by atoms with E-state index in [1.807, 2.05) is 29.2 Å². The average molecular weight is 299 g/mol. The predicted octanol–water partition coefficient (Wildman–Crippen LogP) is 3.90. The van der Waals surface area contributed by atoms with Gasteiger partial charge in [0.1, 0.15) is 5.37 Å². The van der Waals surface area contributed by atoms with Crippen LogP contribution in [0.25, 0.3) is 0 Å². The summed E-state index contributed by atoms with van der Waals surface area (Å²) >= 11 is 7.81. The zero-order valence-corrected chi connectivity index (χ0v) is 12.6. The molecule has 5 heteroatoms. The molecule has 1 aromatic carbocycles. The molecule has 2 amide bonds. The number of hydrogen-bond donors (Lipinski definition) is 1. The Kier molecular flexibility index (Phi) is 5.40. The van der Waals surface area contributed by atoms with E-state index in [2.05, 4.69) is 12.2 Å². The lowest BCUT2D eigenvalue weighted by atomic mass is 10.2. The lowest BCUT2D eigenvalue weighted by Gasteiger charge is -2.24. The van der Waals surface area contributed by atoms with Crippen molar-refractivity contribution in [3.8, 4) is 0 Å². The number of carbonyl (C=O) groups is 1. The summed E-state index contributed by atoms with van der Waals surface area (Å²) in [6, 6.07) is 7.79. The molecule has 2 rings (SSSR count). The third-order valence-corrected chi connectivity index (χ3v) is 4.59. The average Bonchev–Trinajstić information content (AvgIpc) is 2.88. The largest absolute Gasteiger partial charge is 0.338 e. The molecule has 1 saturated heterocycles. The van der Waals surface area contributed by atoms with E-state index < -0.39 is 0 Å². The second kappa shape index (κ2) is 7.06. The molecule has 1 N–H and O–H groups in total. The third kappa shape index (κ3) is 3.80. The number of carbonyl (C=O) groups excluding carboxylic acids is 1. The fourth-order valence-corrected chi connectivity index (χ4v) is 3.53. The first-order valence-corrected chi connectivity index (χ1v) is 8.06. The zero-order chi connectivity index (χ0) is 13.7. The first-order valence-electron chi connectivity index (χ1n) is 6.64. The summed E-state index contributed by atoms with van der Waals surface area (Å²) in [7, 11) is 0. The second-order valence-electron chi connectivity index (χ2n) is 4.56. The maximum atomic E-state index is 12.2. The van der Waals surface area contributed by atoms with E-state index in [1.165, 1.54) is 0 Å². The Hall–Kier alpha value is -0.870. The van der Waals surface area contributed by atoms with Crippen LogP contribution in [0.4, 0.5) is 4.79 Å². The van der Waals surface area contributed by atoms with E-state index in [0.29, 0.717) is 0 Å².